The van der Waals surface area contributed by atoms with Gasteiger partial charge in [-0.15, -0.1) is 0 Å². The van der Waals surface area contributed by atoms with Gasteiger partial charge in [0.25, 0.3) is 0 Å². The summed E-state index contributed by atoms with van der Waals surface area (Å²) in [5.41, 5.74) is 7.63. The Hall–Kier alpha value is -1.13. The molecule has 0 amide bonds. The van der Waals surface area contributed by atoms with Crippen LogP contribution in [0.15, 0.2) is 18.2 Å². The average molecular weight is 293 g/mol. The zero-order chi connectivity index (χ0) is 15.4. The molecule has 1 fully saturated rings. The van der Waals surface area contributed by atoms with Crippen LogP contribution in [0.4, 0.5) is 10.1 Å². The van der Waals surface area contributed by atoms with Crippen LogP contribution in [0.5, 0.6) is 0 Å². The molecule has 2 rings (SSSR count). The Kier molecular flexibility index (Phi) is 5.59. The Morgan fingerprint density at radius 3 is 2.86 bits per heavy atom. The van der Waals surface area contributed by atoms with Crippen LogP contribution in [-0.4, -0.2) is 44.2 Å². The van der Waals surface area contributed by atoms with Crippen LogP contribution < -0.4 is 10.6 Å². The molecule has 0 spiro atoms. The standard InChI is InChI=1S/C17H28FN3/c1-4-14(19)10-13-7-8-17(16(18)11-13)21(3)15-6-5-9-20(2)12-15/h7-8,11,14-15H,4-6,9-10,12,19H2,1-3H3. The van der Waals surface area contributed by atoms with Gasteiger partial charge in [-0.25, -0.2) is 4.39 Å². The lowest BCUT2D eigenvalue weighted by molar-refractivity contribution is 0.247. The predicted molar refractivity (Wildman–Crippen MR) is 87.3 cm³/mol. The molecule has 1 aromatic carbocycles. The van der Waals surface area contributed by atoms with Crippen molar-refractivity contribution in [3.8, 4) is 0 Å². The molecule has 1 saturated heterocycles. The van der Waals surface area contributed by atoms with Gasteiger partial charge < -0.3 is 15.5 Å². The molecule has 0 aliphatic carbocycles. The number of nitrogens with two attached hydrogens (primary N) is 1. The first kappa shape index (κ1) is 16.2. The van der Waals surface area contributed by atoms with E-state index in [2.05, 4.69) is 23.8 Å². The first-order valence-corrected chi connectivity index (χ1v) is 7.96. The lowest BCUT2D eigenvalue weighted by Crippen LogP contribution is -2.45. The summed E-state index contributed by atoms with van der Waals surface area (Å²) in [6.45, 7) is 4.20. The summed E-state index contributed by atoms with van der Waals surface area (Å²) in [6, 6.07) is 6.06. The summed E-state index contributed by atoms with van der Waals surface area (Å²) in [6.07, 6.45) is 3.96. The molecule has 0 radical (unpaired) electrons. The molecule has 2 unspecified atom stereocenters. The van der Waals surface area contributed by atoms with Crippen LogP contribution >= 0.6 is 0 Å². The number of piperidine rings is 1. The third kappa shape index (κ3) is 4.17. The molecule has 3 nitrogen and oxygen atoms in total. The third-order valence-electron chi connectivity index (χ3n) is 4.56. The van der Waals surface area contributed by atoms with E-state index in [-0.39, 0.29) is 11.9 Å². The van der Waals surface area contributed by atoms with Gasteiger partial charge in [-0.2, -0.15) is 0 Å². The molecule has 1 heterocycles. The molecule has 1 aliphatic rings. The van der Waals surface area contributed by atoms with Crippen molar-refractivity contribution in [1.29, 1.82) is 0 Å². The second-order valence-electron chi connectivity index (χ2n) is 6.33. The van der Waals surface area contributed by atoms with Crippen molar-refractivity contribution >= 4 is 5.69 Å². The minimum absolute atomic E-state index is 0.111. The average Bonchev–Trinajstić information content (AvgIpc) is 2.46. The molecule has 21 heavy (non-hydrogen) atoms. The van der Waals surface area contributed by atoms with Gasteiger partial charge in [0.2, 0.25) is 0 Å². The van der Waals surface area contributed by atoms with Crippen molar-refractivity contribution in [3.05, 3.63) is 29.6 Å². The second-order valence-corrected chi connectivity index (χ2v) is 6.33. The van der Waals surface area contributed by atoms with E-state index in [4.69, 9.17) is 5.73 Å². The summed E-state index contributed by atoms with van der Waals surface area (Å²) < 4.78 is 14.4. The maximum Gasteiger partial charge on any atom is 0.146 e. The number of likely N-dealkylation sites (tertiary alicyclic amines) is 1. The van der Waals surface area contributed by atoms with Crippen LogP contribution in [0, 0.1) is 5.82 Å². The predicted octanol–water partition coefficient (Wildman–Crippen LogP) is 2.64. The summed E-state index contributed by atoms with van der Waals surface area (Å²) in [5.74, 6) is -0.133. The van der Waals surface area contributed by atoms with Gasteiger partial charge >= 0.3 is 0 Å². The fraction of sp³-hybridized carbons (Fsp3) is 0.647. The number of anilines is 1. The maximum atomic E-state index is 14.4. The zero-order valence-corrected chi connectivity index (χ0v) is 13.5. The van der Waals surface area contributed by atoms with E-state index in [0.717, 1.165) is 37.9 Å². The first-order valence-electron chi connectivity index (χ1n) is 7.96. The molecule has 1 aliphatic heterocycles. The van der Waals surface area contributed by atoms with E-state index in [0.29, 0.717) is 11.7 Å². The molecule has 0 bridgehead atoms. The van der Waals surface area contributed by atoms with Crippen LogP contribution in [-0.2, 0) is 6.42 Å². The summed E-state index contributed by atoms with van der Waals surface area (Å²) in [4.78, 5) is 4.41. The summed E-state index contributed by atoms with van der Waals surface area (Å²) >= 11 is 0. The Morgan fingerprint density at radius 1 is 1.48 bits per heavy atom. The lowest BCUT2D eigenvalue weighted by atomic mass is 10.0. The van der Waals surface area contributed by atoms with Crippen LogP contribution in [0.1, 0.15) is 31.7 Å². The smallest absolute Gasteiger partial charge is 0.146 e. The molecule has 0 saturated carbocycles. The van der Waals surface area contributed by atoms with Gasteiger partial charge in [0.15, 0.2) is 0 Å². The maximum absolute atomic E-state index is 14.4. The number of benzene rings is 1. The van der Waals surface area contributed by atoms with Crippen LogP contribution in [0.3, 0.4) is 0 Å². The number of halogens is 1. The fourth-order valence-corrected chi connectivity index (χ4v) is 3.06. The highest BCUT2D eigenvalue weighted by atomic mass is 19.1. The van der Waals surface area contributed by atoms with Gasteiger partial charge in [0, 0.05) is 25.7 Å². The van der Waals surface area contributed by atoms with E-state index in [1.807, 2.05) is 19.2 Å². The molecule has 0 aromatic heterocycles. The Morgan fingerprint density at radius 2 is 2.24 bits per heavy atom. The normalized spacial score (nSPS) is 21.3. The molecule has 2 atom stereocenters. The lowest BCUT2D eigenvalue weighted by Gasteiger charge is -2.37. The molecule has 118 valence electrons. The minimum Gasteiger partial charge on any atom is -0.368 e. The Labute approximate surface area is 127 Å². The van der Waals surface area contributed by atoms with E-state index in [1.54, 1.807) is 6.07 Å². The van der Waals surface area contributed by atoms with Crippen molar-refractivity contribution < 1.29 is 4.39 Å². The highest BCUT2D eigenvalue weighted by Crippen LogP contribution is 2.25. The largest absolute Gasteiger partial charge is 0.368 e. The van der Waals surface area contributed by atoms with Crippen molar-refractivity contribution in [2.45, 2.75) is 44.7 Å². The number of hydrogen-bond acceptors (Lipinski definition) is 3. The number of nitrogens with zero attached hydrogens (tertiary/aromatic N) is 2. The van der Waals surface area contributed by atoms with E-state index in [1.165, 1.54) is 6.42 Å². The quantitative estimate of drug-likeness (QED) is 0.906. The summed E-state index contributed by atoms with van der Waals surface area (Å²) in [7, 11) is 4.13. The number of rotatable bonds is 5. The molecule has 2 N–H and O–H groups in total. The molecule has 4 heteroatoms. The second kappa shape index (κ2) is 7.23. The highest BCUT2D eigenvalue weighted by Gasteiger charge is 2.23. The Balaban J connectivity index is 2.09. The van der Waals surface area contributed by atoms with E-state index >= 15 is 0 Å². The highest BCUT2D eigenvalue weighted by molar-refractivity contribution is 5.49. The molecular weight excluding hydrogens is 265 g/mol. The van der Waals surface area contributed by atoms with Crippen LogP contribution in [0.25, 0.3) is 0 Å². The molecular formula is C17H28FN3. The van der Waals surface area contributed by atoms with Crippen molar-refractivity contribution in [2.24, 2.45) is 5.73 Å². The van der Waals surface area contributed by atoms with Gasteiger partial charge in [0.05, 0.1) is 5.69 Å². The number of hydrogen-bond donors (Lipinski definition) is 1. The van der Waals surface area contributed by atoms with Crippen LogP contribution in [0.2, 0.25) is 0 Å². The van der Waals surface area contributed by atoms with Crippen molar-refractivity contribution in [3.63, 3.8) is 0 Å². The van der Waals surface area contributed by atoms with Crippen molar-refractivity contribution in [1.82, 2.24) is 4.90 Å². The molecule has 1 aromatic rings. The monoisotopic (exact) mass is 293 g/mol. The van der Waals surface area contributed by atoms with E-state index in [9.17, 15) is 4.39 Å². The van der Waals surface area contributed by atoms with Gasteiger partial charge in [-0.3, -0.25) is 0 Å². The summed E-state index contributed by atoms with van der Waals surface area (Å²) in [5, 5.41) is 0. The topological polar surface area (TPSA) is 32.5 Å². The zero-order valence-electron chi connectivity index (χ0n) is 13.5. The van der Waals surface area contributed by atoms with Gasteiger partial charge in [-0.05, 0) is 57.0 Å². The first-order chi connectivity index (χ1) is 10.0. The SMILES string of the molecule is CCC(N)Cc1ccc(N(C)C2CCCN(C)C2)c(F)c1. The van der Waals surface area contributed by atoms with Gasteiger partial charge in [0.1, 0.15) is 5.82 Å². The fourth-order valence-electron chi connectivity index (χ4n) is 3.06. The number of likely N-dealkylation sites (N-methyl/N-ethyl adjacent to an activating group) is 2. The van der Waals surface area contributed by atoms with E-state index < -0.39 is 0 Å². The third-order valence-corrected chi connectivity index (χ3v) is 4.56. The van der Waals surface area contributed by atoms with Gasteiger partial charge in [-0.1, -0.05) is 13.0 Å². The minimum atomic E-state index is -0.133. The van der Waals surface area contributed by atoms with Crippen molar-refractivity contribution in [2.75, 3.05) is 32.1 Å². The Bertz CT molecular complexity index is 463.